The van der Waals surface area contributed by atoms with Gasteiger partial charge in [-0.3, -0.25) is 0 Å². The summed E-state index contributed by atoms with van der Waals surface area (Å²) < 4.78 is 0. The summed E-state index contributed by atoms with van der Waals surface area (Å²) in [5.41, 5.74) is 2.09. The fourth-order valence-corrected chi connectivity index (χ4v) is 2.99. The second-order valence-corrected chi connectivity index (χ2v) is 6.43. The highest BCUT2D eigenvalue weighted by molar-refractivity contribution is 6.30. The van der Waals surface area contributed by atoms with Crippen LogP contribution in [0.1, 0.15) is 31.9 Å². The normalized spacial score (nSPS) is 15.6. The number of rotatable bonds is 5. The van der Waals surface area contributed by atoms with Crippen LogP contribution in [0.2, 0.25) is 5.02 Å². The van der Waals surface area contributed by atoms with Gasteiger partial charge in [0.25, 0.3) is 0 Å². The van der Waals surface area contributed by atoms with E-state index in [0.717, 1.165) is 66.7 Å². The van der Waals surface area contributed by atoms with Gasteiger partial charge in [0.15, 0.2) is 5.82 Å². The van der Waals surface area contributed by atoms with Crippen molar-refractivity contribution >= 4 is 17.4 Å². The van der Waals surface area contributed by atoms with Gasteiger partial charge < -0.3 is 10.6 Å². The monoisotopic (exact) mass is 330 g/mol. The Balaban J connectivity index is 1.87. The van der Waals surface area contributed by atoms with Gasteiger partial charge in [0.1, 0.15) is 5.82 Å². The number of anilines is 1. The van der Waals surface area contributed by atoms with Crippen molar-refractivity contribution in [1.29, 1.82) is 0 Å². The van der Waals surface area contributed by atoms with Crippen LogP contribution in [0.5, 0.6) is 0 Å². The van der Waals surface area contributed by atoms with E-state index >= 15 is 0 Å². The molecule has 0 aliphatic carbocycles. The van der Waals surface area contributed by atoms with Crippen molar-refractivity contribution in [2.45, 2.75) is 38.6 Å². The molecule has 23 heavy (non-hydrogen) atoms. The Hall–Kier alpha value is -1.65. The van der Waals surface area contributed by atoms with Crippen molar-refractivity contribution in [1.82, 2.24) is 15.3 Å². The predicted molar refractivity (Wildman–Crippen MR) is 96.0 cm³/mol. The number of aromatic nitrogens is 2. The highest BCUT2D eigenvalue weighted by atomic mass is 35.5. The number of hydrogen-bond acceptors (Lipinski definition) is 4. The van der Waals surface area contributed by atoms with E-state index < -0.39 is 0 Å². The lowest BCUT2D eigenvalue weighted by Crippen LogP contribution is -2.35. The summed E-state index contributed by atoms with van der Waals surface area (Å²) in [5, 5.41) is 7.70. The molecule has 1 aromatic heterocycles. The average molecular weight is 331 g/mol. The zero-order chi connectivity index (χ0) is 16.1. The number of piperidine rings is 1. The molecule has 0 amide bonds. The Kier molecular flexibility index (Phi) is 5.47. The molecule has 2 heterocycles. The van der Waals surface area contributed by atoms with Gasteiger partial charge in [0.2, 0.25) is 0 Å². The summed E-state index contributed by atoms with van der Waals surface area (Å²) in [7, 11) is 0. The van der Waals surface area contributed by atoms with Crippen molar-refractivity contribution in [2.24, 2.45) is 0 Å². The summed E-state index contributed by atoms with van der Waals surface area (Å²) in [6, 6.07) is 10.3. The third kappa shape index (κ3) is 4.43. The molecule has 1 aliphatic rings. The number of hydrogen-bond donors (Lipinski definition) is 2. The van der Waals surface area contributed by atoms with Crippen molar-refractivity contribution in [3.63, 3.8) is 0 Å². The Labute approximate surface area is 142 Å². The van der Waals surface area contributed by atoms with Gasteiger partial charge in [-0.05, 0) is 56.6 Å². The van der Waals surface area contributed by atoms with E-state index in [9.17, 15) is 0 Å². The van der Waals surface area contributed by atoms with Crippen molar-refractivity contribution in [3.8, 4) is 11.4 Å². The van der Waals surface area contributed by atoms with Crippen LogP contribution >= 0.6 is 11.6 Å². The van der Waals surface area contributed by atoms with Crippen LogP contribution < -0.4 is 10.6 Å². The van der Waals surface area contributed by atoms with E-state index in [0.29, 0.717) is 6.04 Å². The first-order chi connectivity index (χ1) is 11.2. The third-order valence-electron chi connectivity index (χ3n) is 4.08. The molecule has 3 rings (SSSR count). The molecule has 1 fully saturated rings. The van der Waals surface area contributed by atoms with Gasteiger partial charge in [-0.25, -0.2) is 9.97 Å². The molecule has 0 unspecified atom stereocenters. The quantitative estimate of drug-likeness (QED) is 0.872. The van der Waals surface area contributed by atoms with Gasteiger partial charge >= 0.3 is 0 Å². The van der Waals surface area contributed by atoms with Crippen LogP contribution in [0.25, 0.3) is 11.4 Å². The second-order valence-electron chi connectivity index (χ2n) is 5.99. The van der Waals surface area contributed by atoms with E-state index in [-0.39, 0.29) is 0 Å². The highest BCUT2D eigenvalue weighted by Crippen LogP contribution is 2.22. The van der Waals surface area contributed by atoms with Gasteiger partial charge in [0, 0.05) is 28.4 Å². The zero-order valence-corrected chi connectivity index (χ0v) is 14.2. The Bertz CT molecular complexity index is 636. The maximum absolute atomic E-state index is 5.98. The topological polar surface area (TPSA) is 49.8 Å². The summed E-state index contributed by atoms with van der Waals surface area (Å²) in [6.07, 6.45) is 4.29. The molecule has 0 spiro atoms. The van der Waals surface area contributed by atoms with Crippen LogP contribution in [-0.2, 0) is 6.42 Å². The van der Waals surface area contributed by atoms with Gasteiger partial charge in [-0.1, -0.05) is 24.9 Å². The van der Waals surface area contributed by atoms with Crippen LogP contribution in [0, 0.1) is 0 Å². The first-order valence-corrected chi connectivity index (χ1v) is 8.73. The third-order valence-corrected chi connectivity index (χ3v) is 4.33. The van der Waals surface area contributed by atoms with Gasteiger partial charge in [0.05, 0.1) is 0 Å². The molecule has 0 radical (unpaired) electrons. The van der Waals surface area contributed by atoms with Crippen LogP contribution in [0.3, 0.4) is 0 Å². The smallest absolute Gasteiger partial charge is 0.161 e. The van der Waals surface area contributed by atoms with Gasteiger partial charge in [-0.2, -0.15) is 0 Å². The van der Waals surface area contributed by atoms with Crippen LogP contribution in [-0.4, -0.2) is 29.1 Å². The maximum Gasteiger partial charge on any atom is 0.161 e. The lowest BCUT2D eigenvalue weighted by Gasteiger charge is -2.24. The lowest BCUT2D eigenvalue weighted by molar-refractivity contribution is 0.478. The highest BCUT2D eigenvalue weighted by Gasteiger charge is 2.14. The van der Waals surface area contributed by atoms with Crippen molar-refractivity contribution < 1.29 is 0 Å². The molecular weight excluding hydrogens is 308 g/mol. The van der Waals surface area contributed by atoms with E-state index in [1.807, 2.05) is 24.3 Å². The minimum Gasteiger partial charge on any atom is -0.367 e. The van der Waals surface area contributed by atoms with Gasteiger partial charge in [-0.15, -0.1) is 0 Å². The molecule has 2 aromatic rings. The Morgan fingerprint density at radius 2 is 1.91 bits per heavy atom. The number of benzene rings is 1. The predicted octanol–water partition coefficient (Wildman–Crippen LogP) is 3.91. The Morgan fingerprint density at radius 3 is 2.61 bits per heavy atom. The molecule has 0 atom stereocenters. The molecule has 0 bridgehead atoms. The molecule has 4 nitrogen and oxygen atoms in total. The minimum absolute atomic E-state index is 0.485. The molecule has 2 N–H and O–H groups in total. The zero-order valence-electron chi connectivity index (χ0n) is 13.5. The largest absolute Gasteiger partial charge is 0.367 e. The molecule has 1 aliphatic heterocycles. The average Bonchev–Trinajstić information content (AvgIpc) is 2.56. The first-order valence-electron chi connectivity index (χ1n) is 8.36. The number of halogens is 1. The summed E-state index contributed by atoms with van der Waals surface area (Å²) >= 11 is 5.98. The molecule has 1 saturated heterocycles. The van der Waals surface area contributed by atoms with E-state index in [2.05, 4.69) is 23.6 Å². The van der Waals surface area contributed by atoms with E-state index in [1.165, 1.54) is 0 Å². The number of nitrogens with one attached hydrogen (secondary N) is 2. The van der Waals surface area contributed by atoms with E-state index in [4.69, 9.17) is 21.6 Å². The van der Waals surface area contributed by atoms with Crippen molar-refractivity contribution in [2.75, 3.05) is 18.4 Å². The molecule has 1 aromatic carbocycles. The molecular formula is C18H23ClN4. The maximum atomic E-state index is 5.98. The molecule has 5 heteroatoms. The standard InChI is InChI=1S/C18H23ClN4/c1-2-3-16-12-17(21-15-8-10-20-11-9-15)23-18(22-16)13-4-6-14(19)7-5-13/h4-7,12,15,20H,2-3,8-11H2,1H3,(H,21,22,23). The fourth-order valence-electron chi connectivity index (χ4n) is 2.86. The molecule has 122 valence electrons. The SMILES string of the molecule is CCCc1cc(NC2CCNCC2)nc(-c2ccc(Cl)cc2)n1. The van der Waals surface area contributed by atoms with Crippen molar-refractivity contribution in [3.05, 3.63) is 41.0 Å². The molecule has 0 saturated carbocycles. The summed E-state index contributed by atoms with van der Waals surface area (Å²) in [4.78, 5) is 9.43. The van der Waals surface area contributed by atoms with Crippen LogP contribution in [0.4, 0.5) is 5.82 Å². The Morgan fingerprint density at radius 1 is 1.17 bits per heavy atom. The minimum atomic E-state index is 0.485. The van der Waals surface area contributed by atoms with E-state index in [1.54, 1.807) is 0 Å². The van der Waals surface area contributed by atoms with Crippen LogP contribution in [0.15, 0.2) is 30.3 Å². The first kappa shape index (κ1) is 16.2. The fraction of sp³-hybridized carbons (Fsp3) is 0.444. The second kappa shape index (κ2) is 7.75. The summed E-state index contributed by atoms with van der Waals surface area (Å²) in [5.74, 6) is 1.70. The number of nitrogens with zero attached hydrogens (tertiary/aromatic N) is 2. The number of aryl methyl sites for hydroxylation is 1. The summed E-state index contributed by atoms with van der Waals surface area (Å²) in [6.45, 7) is 4.30. The lowest BCUT2D eigenvalue weighted by atomic mass is 10.1.